The minimum Gasteiger partial charge on any atom is -0.389 e. The van der Waals surface area contributed by atoms with Gasteiger partial charge in [-0.2, -0.15) is 0 Å². The Morgan fingerprint density at radius 2 is 1.82 bits per heavy atom. The van der Waals surface area contributed by atoms with Gasteiger partial charge in [-0.3, -0.25) is 4.79 Å². The predicted molar refractivity (Wildman–Crippen MR) is 46.1 cm³/mol. The van der Waals surface area contributed by atoms with Crippen molar-refractivity contribution >= 4 is 5.91 Å². The molecule has 64 valence electrons. The highest BCUT2D eigenvalue weighted by Gasteiger charge is 2.00. The third kappa shape index (κ3) is 5.45. The van der Waals surface area contributed by atoms with Gasteiger partial charge in [0.15, 0.2) is 0 Å². The van der Waals surface area contributed by atoms with E-state index in [1.807, 2.05) is 13.8 Å². The lowest BCUT2D eigenvalue weighted by molar-refractivity contribution is -0.120. The number of carbonyl (C=O) groups excluding carboxylic acids is 1. The summed E-state index contributed by atoms with van der Waals surface area (Å²) in [6.45, 7) is 9.06. The standard InChI is InChI=1S/C8H16N2O/c1-4-9-7(3)6-8(11)10-5-2/h9H,3-6H2,1-2H3,(H,10,11). The Bertz CT molecular complexity index is 127. The molecule has 0 aliphatic rings. The van der Waals surface area contributed by atoms with Gasteiger partial charge in [0.25, 0.3) is 0 Å². The van der Waals surface area contributed by atoms with E-state index >= 15 is 0 Å². The lowest BCUT2D eigenvalue weighted by atomic mass is 10.3. The fraction of sp³-hybridized carbons (Fsp3) is 0.625. The maximum absolute atomic E-state index is 10.9. The van der Waals surface area contributed by atoms with Crippen molar-refractivity contribution in [2.45, 2.75) is 20.3 Å². The summed E-state index contributed by atoms with van der Waals surface area (Å²) in [5.41, 5.74) is 0.776. The fourth-order valence-corrected chi connectivity index (χ4v) is 0.766. The lowest BCUT2D eigenvalue weighted by Gasteiger charge is -2.06. The molecule has 0 saturated carbocycles. The molecule has 2 N–H and O–H groups in total. The van der Waals surface area contributed by atoms with Gasteiger partial charge in [0, 0.05) is 18.8 Å². The molecule has 0 aliphatic heterocycles. The number of nitrogens with one attached hydrogen (secondary N) is 2. The summed E-state index contributed by atoms with van der Waals surface area (Å²) in [5.74, 6) is 0.0263. The molecule has 0 rings (SSSR count). The van der Waals surface area contributed by atoms with E-state index in [1.165, 1.54) is 0 Å². The number of hydrogen-bond acceptors (Lipinski definition) is 2. The van der Waals surface area contributed by atoms with E-state index in [4.69, 9.17) is 0 Å². The van der Waals surface area contributed by atoms with Crippen LogP contribution >= 0.6 is 0 Å². The number of rotatable bonds is 5. The van der Waals surface area contributed by atoms with Crippen LogP contribution < -0.4 is 10.6 Å². The molecule has 3 nitrogen and oxygen atoms in total. The van der Waals surface area contributed by atoms with Gasteiger partial charge in [-0.1, -0.05) is 6.58 Å². The number of amides is 1. The summed E-state index contributed by atoms with van der Waals surface area (Å²) >= 11 is 0. The number of hydrogen-bond donors (Lipinski definition) is 2. The molecule has 0 atom stereocenters. The Morgan fingerprint density at radius 3 is 2.27 bits per heavy atom. The van der Waals surface area contributed by atoms with Gasteiger partial charge in [0.05, 0.1) is 6.42 Å². The van der Waals surface area contributed by atoms with Crippen LogP contribution in [0.5, 0.6) is 0 Å². The van der Waals surface area contributed by atoms with Gasteiger partial charge in [-0.25, -0.2) is 0 Å². The second-order valence-corrected chi connectivity index (χ2v) is 2.26. The second-order valence-electron chi connectivity index (χ2n) is 2.26. The highest BCUT2D eigenvalue weighted by atomic mass is 16.1. The molecule has 0 aromatic heterocycles. The molecule has 0 aromatic carbocycles. The SMILES string of the molecule is C=C(CC(=O)NCC)NCC. The van der Waals surface area contributed by atoms with Gasteiger partial charge >= 0.3 is 0 Å². The Kier molecular flexibility index (Phi) is 5.25. The average molecular weight is 156 g/mol. The molecule has 0 saturated heterocycles. The molecule has 0 aliphatic carbocycles. The van der Waals surface area contributed by atoms with E-state index in [2.05, 4.69) is 17.2 Å². The summed E-state index contributed by atoms with van der Waals surface area (Å²) in [4.78, 5) is 10.9. The highest BCUT2D eigenvalue weighted by Crippen LogP contribution is 1.91. The fourth-order valence-electron chi connectivity index (χ4n) is 0.766. The van der Waals surface area contributed by atoms with Gasteiger partial charge < -0.3 is 10.6 Å². The summed E-state index contributed by atoms with van der Waals surface area (Å²) in [6, 6.07) is 0. The van der Waals surface area contributed by atoms with Crippen LogP contribution in [0, 0.1) is 0 Å². The van der Waals surface area contributed by atoms with Crippen molar-refractivity contribution in [3.63, 3.8) is 0 Å². The second kappa shape index (κ2) is 5.77. The summed E-state index contributed by atoms with van der Waals surface area (Å²) < 4.78 is 0. The van der Waals surface area contributed by atoms with Crippen LogP contribution in [0.15, 0.2) is 12.3 Å². The van der Waals surface area contributed by atoms with E-state index in [9.17, 15) is 4.79 Å². The molecular weight excluding hydrogens is 140 g/mol. The average Bonchev–Trinajstić information content (AvgIpc) is 1.87. The highest BCUT2D eigenvalue weighted by molar-refractivity contribution is 5.78. The van der Waals surface area contributed by atoms with Crippen LogP contribution in [0.4, 0.5) is 0 Å². The van der Waals surface area contributed by atoms with Gasteiger partial charge in [-0.05, 0) is 13.8 Å². The van der Waals surface area contributed by atoms with Crippen molar-refractivity contribution in [2.75, 3.05) is 13.1 Å². The molecule has 0 heterocycles. The van der Waals surface area contributed by atoms with Crippen molar-refractivity contribution in [2.24, 2.45) is 0 Å². The topological polar surface area (TPSA) is 41.1 Å². The molecule has 11 heavy (non-hydrogen) atoms. The van der Waals surface area contributed by atoms with Crippen LogP contribution in [0.2, 0.25) is 0 Å². The van der Waals surface area contributed by atoms with Crippen LogP contribution in [0.1, 0.15) is 20.3 Å². The molecule has 0 radical (unpaired) electrons. The Balaban J connectivity index is 3.49. The van der Waals surface area contributed by atoms with Crippen LogP contribution in [-0.2, 0) is 4.79 Å². The van der Waals surface area contributed by atoms with Crippen molar-refractivity contribution in [3.8, 4) is 0 Å². The first-order valence-corrected chi connectivity index (χ1v) is 3.89. The largest absolute Gasteiger partial charge is 0.389 e. The quantitative estimate of drug-likeness (QED) is 0.613. The van der Waals surface area contributed by atoms with Crippen molar-refractivity contribution in [1.82, 2.24) is 10.6 Å². The molecule has 1 amide bonds. The van der Waals surface area contributed by atoms with E-state index in [0.29, 0.717) is 13.0 Å². The molecular formula is C8H16N2O. The van der Waals surface area contributed by atoms with E-state index in [1.54, 1.807) is 0 Å². The molecule has 0 unspecified atom stereocenters. The first kappa shape index (κ1) is 10.0. The van der Waals surface area contributed by atoms with Gasteiger partial charge in [0.2, 0.25) is 5.91 Å². The summed E-state index contributed by atoms with van der Waals surface area (Å²) in [5, 5.41) is 5.67. The van der Waals surface area contributed by atoms with Gasteiger partial charge in [0.1, 0.15) is 0 Å². The number of carbonyl (C=O) groups is 1. The Morgan fingerprint density at radius 1 is 1.27 bits per heavy atom. The summed E-state index contributed by atoms with van der Waals surface area (Å²) in [7, 11) is 0. The lowest BCUT2D eigenvalue weighted by Crippen LogP contribution is -2.25. The van der Waals surface area contributed by atoms with Crippen LogP contribution in [-0.4, -0.2) is 19.0 Å². The van der Waals surface area contributed by atoms with Crippen LogP contribution in [0.3, 0.4) is 0 Å². The minimum atomic E-state index is 0.0263. The minimum absolute atomic E-state index is 0.0263. The van der Waals surface area contributed by atoms with E-state index < -0.39 is 0 Å². The maximum Gasteiger partial charge on any atom is 0.225 e. The third-order valence-electron chi connectivity index (χ3n) is 1.17. The smallest absolute Gasteiger partial charge is 0.225 e. The summed E-state index contributed by atoms with van der Waals surface area (Å²) in [6.07, 6.45) is 0.377. The maximum atomic E-state index is 10.9. The van der Waals surface area contributed by atoms with E-state index in [0.717, 1.165) is 12.2 Å². The molecule has 0 spiro atoms. The van der Waals surface area contributed by atoms with E-state index in [-0.39, 0.29) is 5.91 Å². The van der Waals surface area contributed by atoms with Crippen molar-refractivity contribution in [1.29, 1.82) is 0 Å². The van der Waals surface area contributed by atoms with Crippen molar-refractivity contribution < 1.29 is 4.79 Å². The van der Waals surface area contributed by atoms with Gasteiger partial charge in [-0.15, -0.1) is 0 Å². The van der Waals surface area contributed by atoms with Crippen LogP contribution in [0.25, 0.3) is 0 Å². The molecule has 0 fully saturated rings. The Labute approximate surface area is 67.9 Å². The normalized spacial score (nSPS) is 8.91. The zero-order valence-corrected chi connectivity index (χ0v) is 7.24. The third-order valence-corrected chi connectivity index (χ3v) is 1.17. The van der Waals surface area contributed by atoms with Crippen molar-refractivity contribution in [3.05, 3.63) is 12.3 Å². The predicted octanol–water partition coefficient (Wildman–Crippen LogP) is 0.636. The molecule has 3 heteroatoms. The first-order chi connectivity index (χ1) is 5.20. The molecule has 0 bridgehead atoms. The first-order valence-electron chi connectivity index (χ1n) is 3.89. The molecule has 0 aromatic rings. The zero-order valence-electron chi connectivity index (χ0n) is 7.24. The monoisotopic (exact) mass is 156 g/mol. The zero-order chi connectivity index (χ0) is 8.69. The Hall–Kier alpha value is -0.990.